The van der Waals surface area contributed by atoms with Crippen molar-refractivity contribution in [3.05, 3.63) is 60.5 Å². The zero-order valence-electron chi connectivity index (χ0n) is 16.3. The molecule has 0 fully saturated rings. The van der Waals surface area contributed by atoms with Gasteiger partial charge in [-0.15, -0.1) is 11.3 Å². The van der Waals surface area contributed by atoms with Crippen LogP contribution in [0.4, 0.5) is 0 Å². The molecule has 31 heavy (non-hydrogen) atoms. The lowest BCUT2D eigenvalue weighted by atomic mass is 10.1. The molecular formula is C22H15N7OS. The van der Waals surface area contributed by atoms with Crippen molar-refractivity contribution in [1.82, 2.24) is 35.1 Å². The van der Waals surface area contributed by atoms with Gasteiger partial charge in [0, 0.05) is 40.2 Å². The first-order chi connectivity index (χ1) is 15.3. The van der Waals surface area contributed by atoms with Gasteiger partial charge in [0.2, 0.25) is 0 Å². The highest BCUT2D eigenvalue weighted by Crippen LogP contribution is 2.33. The molecule has 9 heteroatoms. The fourth-order valence-electron chi connectivity index (χ4n) is 3.58. The summed E-state index contributed by atoms with van der Waals surface area (Å²) in [5.41, 5.74) is 5.78. The summed E-state index contributed by atoms with van der Waals surface area (Å²) in [6.07, 6.45) is 7.03. The summed E-state index contributed by atoms with van der Waals surface area (Å²) >= 11 is 1.67. The third-order valence-electron chi connectivity index (χ3n) is 5.09. The fraction of sp³-hybridized carbons (Fsp3) is 0.0455. The number of nitrogens with zero attached hydrogens (tertiary/aromatic N) is 5. The van der Waals surface area contributed by atoms with Gasteiger partial charge >= 0.3 is 0 Å². The molecule has 8 nitrogen and oxygen atoms in total. The summed E-state index contributed by atoms with van der Waals surface area (Å²) in [7, 11) is 1.62. The molecule has 2 N–H and O–H groups in total. The maximum Gasteiger partial charge on any atom is 0.161 e. The van der Waals surface area contributed by atoms with E-state index in [0.29, 0.717) is 22.9 Å². The standard InChI is InChI=1S/C22H15N7OS/c1-30-14-7-12(9-23-11-14)13-8-16-19(28-29-20(16)25-10-13)22-26-18-15(17-3-2-6-31-17)4-5-24-21(18)27-22/h2-11H,1H3,(H,24,26,27)(H,25,28,29). The molecule has 150 valence electrons. The molecule has 6 aromatic rings. The van der Waals surface area contributed by atoms with E-state index >= 15 is 0 Å². The molecule has 0 aliphatic heterocycles. The Morgan fingerprint density at radius 3 is 2.81 bits per heavy atom. The molecule has 0 unspecified atom stereocenters. The summed E-state index contributed by atoms with van der Waals surface area (Å²) in [5.74, 6) is 1.33. The fourth-order valence-corrected chi connectivity index (χ4v) is 4.34. The van der Waals surface area contributed by atoms with Gasteiger partial charge < -0.3 is 9.72 Å². The summed E-state index contributed by atoms with van der Waals surface area (Å²) in [6, 6.07) is 10.0. The van der Waals surface area contributed by atoms with Gasteiger partial charge in [0.05, 0.1) is 18.7 Å². The number of thiophene rings is 1. The number of nitrogens with one attached hydrogen (secondary N) is 2. The molecule has 0 saturated carbocycles. The van der Waals surface area contributed by atoms with Gasteiger partial charge in [0.15, 0.2) is 17.1 Å². The number of hydrogen-bond donors (Lipinski definition) is 2. The van der Waals surface area contributed by atoms with Crippen molar-refractivity contribution in [2.24, 2.45) is 0 Å². The first kappa shape index (κ1) is 17.7. The number of imidazole rings is 1. The van der Waals surface area contributed by atoms with Crippen molar-refractivity contribution in [2.45, 2.75) is 0 Å². The molecule has 0 saturated heterocycles. The molecule has 0 spiro atoms. The topological polar surface area (TPSA) is 105 Å². The first-order valence-corrected chi connectivity index (χ1v) is 10.4. The van der Waals surface area contributed by atoms with Gasteiger partial charge in [-0.25, -0.2) is 15.0 Å². The normalized spacial score (nSPS) is 11.4. The van der Waals surface area contributed by atoms with E-state index in [4.69, 9.17) is 9.72 Å². The van der Waals surface area contributed by atoms with Crippen molar-refractivity contribution in [3.8, 4) is 38.8 Å². The van der Waals surface area contributed by atoms with E-state index in [2.05, 4.69) is 41.6 Å². The molecule has 6 heterocycles. The predicted molar refractivity (Wildman–Crippen MR) is 120 cm³/mol. The minimum absolute atomic E-state index is 0.639. The van der Waals surface area contributed by atoms with Gasteiger partial charge in [-0.05, 0) is 29.6 Å². The summed E-state index contributed by atoms with van der Waals surface area (Å²) in [6.45, 7) is 0. The lowest BCUT2D eigenvalue weighted by Gasteiger charge is -2.04. The zero-order valence-corrected chi connectivity index (χ0v) is 17.1. The Kier molecular flexibility index (Phi) is 4.00. The molecule has 6 aromatic heterocycles. The molecular weight excluding hydrogens is 410 g/mol. The second-order valence-corrected chi connectivity index (χ2v) is 7.87. The van der Waals surface area contributed by atoms with Crippen LogP contribution in [0.3, 0.4) is 0 Å². The Balaban J connectivity index is 1.50. The van der Waals surface area contributed by atoms with Gasteiger partial charge in [0.1, 0.15) is 17.0 Å². The van der Waals surface area contributed by atoms with Crippen LogP contribution in [0.5, 0.6) is 5.75 Å². The molecule has 0 aliphatic carbocycles. The summed E-state index contributed by atoms with van der Waals surface area (Å²) in [5, 5.41) is 10.4. The van der Waals surface area contributed by atoms with E-state index in [1.807, 2.05) is 24.3 Å². The highest BCUT2D eigenvalue weighted by atomic mass is 32.1. The third-order valence-corrected chi connectivity index (χ3v) is 6.00. The maximum atomic E-state index is 5.29. The van der Waals surface area contributed by atoms with Crippen LogP contribution in [0, 0.1) is 0 Å². The van der Waals surface area contributed by atoms with Gasteiger partial charge in [-0.2, -0.15) is 5.10 Å². The van der Waals surface area contributed by atoms with E-state index in [9.17, 15) is 0 Å². The SMILES string of the molecule is COc1cncc(-c2cnc3[nH]nc(-c4nc5c(-c6cccs6)ccnc5[nH]4)c3c2)c1. The minimum atomic E-state index is 0.639. The van der Waals surface area contributed by atoms with Crippen molar-refractivity contribution in [1.29, 1.82) is 0 Å². The number of H-pyrrole nitrogens is 2. The van der Waals surface area contributed by atoms with E-state index in [-0.39, 0.29) is 0 Å². The number of aromatic nitrogens is 7. The Labute approximate surface area is 180 Å². The average Bonchev–Trinajstić information content (AvgIpc) is 3.57. The summed E-state index contributed by atoms with van der Waals surface area (Å²) in [4.78, 5) is 22.5. The molecule has 0 aliphatic rings. The first-order valence-electron chi connectivity index (χ1n) is 9.52. The van der Waals surface area contributed by atoms with Crippen molar-refractivity contribution in [2.75, 3.05) is 7.11 Å². The highest BCUT2D eigenvalue weighted by molar-refractivity contribution is 7.13. The number of hydrogen-bond acceptors (Lipinski definition) is 7. The van der Waals surface area contributed by atoms with Gasteiger partial charge in [-0.3, -0.25) is 10.1 Å². The van der Waals surface area contributed by atoms with E-state index in [1.54, 1.807) is 43.2 Å². The van der Waals surface area contributed by atoms with Gasteiger partial charge in [-0.1, -0.05) is 6.07 Å². The number of ether oxygens (including phenoxy) is 1. The monoisotopic (exact) mass is 425 g/mol. The molecule has 0 amide bonds. The quantitative estimate of drug-likeness (QED) is 0.424. The predicted octanol–water partition coefficient (Wildman–Crippen LogP) is 4.70. The molecule has 0 atom stereocenters. The highest BCUT2D eigenvalue weighted by Gasteiger charge is 2.17. The van der Waals surface area contributed by atoms with E-state index in [1.165, 1.54) is 0 Å². The Hall–Kier alpha value is -4.11. The zero-order chi connectivity index (χ0) is 20.8. The number of rotatable bonds is 4. The molecule has 0 bridgehead atoms. The Bertz CT molecular complexity index is 1530. The average molecular weight is 425 g/mol. The lowest BCUT2D eigenvalue weighted by Crippen LogP contribution is -1.87. The van der Waals surface area contributed by atoms with Crippen LogP contribution in [0.15, 0.2) is 60.5 Å². The Morgan fingerprint density at radius 1 is 1.00 bits per heavy atom. The van der Waals surface area contributed by atoms with Crippen molar-refractivity contribution < 1.29 is 4.74 Å². The van der Waals surface area contributed by atoms with Gasteiger partial charge in [0.25, 0.3) is 0 Å². The van der Waals surface area contributed by atoms with Crippen molar-refractivity contribution >= 4 is 33.5 Å². The van der Waals surface area contributed by atoms with Crippen LogP contribution < -0.4 is 4.74 Å². The number of pyridine rings is 3. The molecule has 6 rings (SSSR count). The second-order valence-electron chi connectivity index (χ2n) is 6.92. The number of fused-ring (bicyclic) bond motifs is 2. The van der Waals surface area contributed by atoms with Crippen LogP contribution >= 0.6 is 11.3 Å². The second kappa shape index (κ2) is 6.99. The smallest absolute Gasteiger partial charge is 0.161 e. The number of aromatic amines is 2. The van der Waals surface area contributed by atoms with Crippen LogP contribution in [0.1, 0.15) is 0 Å². The van der Waals surface area contributed by atoms with E-state index < -0.39 is 0 Å². The number of methoxy groups -OCH3 is 1. The third kappa shape index (κ3) is 2.94. The van der Waals surface area contributed by atoms with Crippen LogP contribution in [-0.2, 0) is 0 Å². The largest absolute Gasteiger partial charge is 0.495 e. The molecule has 0 radical (unpaired) electrons. The van der Waals surface area contributed by atoms with Crippen LogP contribution in [0.2, 0.25) is 0 Å². The minimum Gasteiger partial charge on any atom is -0.495 e. The summed E-state index contributed by atoms with van der Waals surface area (Å²) < 4.78 is 5.29. The van der Waals surface area contributed by atoms with Crippen LogP contribution in [-0.4, -0.2) is 42.2 Å². The molecule has 0 aromatic carbocycles. The van der Waals surface area contributed by atoms with E-state index in [0.717, 1.165) is 38.1 Å². The lowest BCUT2D eigenvalue weighted by molar-refractivity contribution is 0.413. The van der Waals surface area contributed by atoms with Crippen LogP contribution in [0.25, 0.3) is 55.3 Å². The maximum absolute atomic E-state index is 5.29. The Morgan fingerprint density at radius 2 is 1.94 bits per heavy atom. The van der Waals surface area contributed by atoms with Crippen molar-refractivity contribution in [3.63, 3.8) is 0 Å².